The van der Waals surface area contributed by atoms with Gasteiger partial charge in [0, 0.05) is 12.7 Å². The molecule has 0 atom stereocenters. The molecule has 1 nitrogen and oxygen atoms in total. The highest BCUT2D eigenvalue weighted by molar-refractivity contribution is 5.00. The molecule has 0 heterocycles. The van der Waals surface area contributed by atoms with Gasteiger partial charge in [-0.1, -0.05) is 30.9 Å². The average molecular weight is 151 g/mol. The molecule has 0 aliphatic heterocycles. The standard InChI is InChI=1S/C10H17N/c1-4-5-6-7-8-9-10(2)11-3/h4-6,9,11H,1,7-8H2,2-3H3/b6-5-,10-9+. The predicted molar refractivity (Wildman–Crippen MR) is 51.4 cm³/mol. The lowest BCUT2D eigenvalue weighted by Crippen LogP contribution is -2.00. The maximum absolute atomic E-state index is 3.60. The van der Waals surface area contributed by atoms with E-state index in [2.05, 4.69) is 31.0 Å². The molecule has 0 radical (unpaired) electrons. The predicted octanol–water partition coefficient (Wildman–Crippen LogP) is 2.63. The van der Waals surface area contributed by atoms with E-state index in [0.717, 1.165) is 12.8 Å². The minimum atomic E-state index is 1.09. The van der Waals surface area contributed by atoms with E-state index in [4.69, 9.17) is 0 Å². The largest absolute Gasteiger partial charge is 0.392 e. The van der Waals surface area contributed by atoms with Crippen molar-refractivity contribution < 1.29 is 0 Å². The third-order valence-corrected chi connectivity index (χ3v) is 1.45. The van der Waals surface area contributed by atoms with Crippen LogP contribution in [-0.4, -0.2) is 7.05 Å². The van der Waals surface area contributed by atoms with E-state index in [1.54, 1.807) is 6.08 Å². The maximum atomic E-state index is 3.60. The van der Waals surface area contributed by atoms with E-state index < -0.39 is 0 Å². The molecule has 0 amide bonds. The fourth-order valence-corrected chi connectivity index (χ4v) is 0.691. The van der Waals surface area contributed by atoms with Gasteiger partial charge in [-0.2, -0.15) is 0 Å². The number of rotatable bonds is 5. The summed E-state index contributed by atoms with van der Waals surface area (Å²) in [5.41, 5.74) is 1.23. The Bertz CT molecular complexity index is 154. The first-order valence-electron chi connectivity index (χ1n) is 3.93. The number of allylic oxidation sites excluding steroid dienone is 5. The van der Waals surface area contributed by atoms with Crippen LogP contribution in [0.1, 0.15) is 19.8 Å². The quantitative estimate of drug-likeness (QED) is 0.470. The smallest absolute Gasteiger partial charge is 0.00320 e. The molecule has 0 bridgehead atoms. The van der Waals surface area contributed by atoms with Crippen LogP contribution in [0.5, 0.6) is 0 Å². The molecule has 11 heavy (non-hydrogen) atoms. The van der Waals surface area contributed by atoms with Gasteiger partial charge in [-0.15, -0.1) is 0 Å². The summed E-state index contributed by atoms with van der Waals surface area (Å²) >= 11 is 0. The zero-order valence-electron chi connectivity index (χ0n) is 7.43. The molecule has 0 saturated carbocycles. The number of unbranched alkanes of at least 4 members (excludes halogenated alkanes) is 1. The van der Waals surface area contributed by atoms with Crippen molar-refractivity contribution in [3.63, 3.8) is 0 Å². The molecule has 0 rings (SSSR count). The van der Waals surface area contributed by atoms with E-state index in [0.29, 0.717) is 0 Å². The summed E-state index contributed by atoms with van der Waals surface area (Å²) in [5, 5.41) is 3.07. The van der Waals surface area contributed by atoms with E-state index in [-0.39, 0.29) is 0 Å². The van der Waals surface area contributed by atoms with Crippen LogP contribution in [0.4, 0.5) is 0 Å². The van der Waals surface area contributed by atoms with Crippen molar-refractivity contribution in [2.45, 2.75) is 19.8 Å². The second-order valence-electron chi connectivity index (χ2n) is 2.38. The molecule has 0 spiro atoms. The van der Waals surface area contributed by atoms with Crippen LogP contribution in [0, 0.1) is 0 Å². The lowest BCUT2D eigenvalue weighted by atomic mass is 10.2. The van der Waals surface area contributed by atoms with Gasteiger partial charge in [0.1, 0.15) is 0 Å². The summed E-state index contributed by atoms with van der Waals surface area (Å²) in [4.78, 5) is 0. The molecule has 0 aliphatic carbocycles. The highest BCUT2D eigenvalue weighted by atomic mass is 14.8. The summed E-state index contributed by atoms with van der Waals surface area (Å²) in [6.07, 6.45) is 10.3. The Morgan fingerprint density at radius 1 is 1.45 bits per heavy atom. The molecular weight excluding hydrogens is 134 g/mol. The lowest BCUT2D eigenvalue weighted by molar-refractivity contribution is 0.943. The molecule has 62 valence electrons. The number of nitrogens with one attached hydrogen (secondary N) is 1. The monoisotopic (exact) mass is 151 g/mol. The first-order chi connectivity index (χ1) is 5.31. The van der Waals surface area contributed by atoms with Crippen LogP contribution in [0.15, 0.2) is 36.6 Å². The summed E-state index contributed by atoms with van der Waals surface area (Å²) in [7, 11) is 1.94. The summed E-state index contributed by atoms with van der Waals surface area (Å²) in [6, 6.07) is 0. The van der Waals surface area contributed by atoms with Crippen LogP contribution >= 0.6 is 0 Å². The summed E-state index contributed by atoms with van der Waals surface area (Å²) in [6.45, 7) is 5.66. The van der Waals surface area contributed by atoms with E-state index in [1.807, 2.05) is 13.1 Å². The van der Waals surface area contributed by atoms with Crippen molar-refractivity contribution in [3.8, 4) is 0 Å². The normalized spacial score (nSPS) is 12.0. The Labute approximate surface area is 69.5 Å². The molecule has 1 heteroatoms. The van der Waals surface area contributed by atoms with Gasteiger partial charge >= 0.3 is 0 Å². The van der Waals surface area contributed by atoms with E-state index in [9.17, 15) is 0 Å². The Kier molecular flexibility index (Phi) is 6.50. The van der Waals surface area contributed by atoms with Gasteiger partial charge < -0.3 is 5.32 Å². The van der Waals surface area contributed by atoms with Crippen LogP contribution in [0.3, 0.4) is 0 Å². The van der Waals surface area contributed by atoms with Crippen molar-refractivity contribution >= 4 is 0 Å². The molecule has 0 unspecified atom stereocenters. The fourth-order valence-electron chi connectivity index (χ4n) is 0.691. The molecule has 0 fully saturated rings. The van der Waals surface area contributed by atoms with Crippen molar-refractivity contribution in [3.05, 3.63) is 36.6 Å². The van der Waals surface area contributed by atoms with Crippen LogP contribution in [0.25, 0.3) is 0 Å². The van der Waals surface area contributed by atoms with Crippen molar-refractivity contribution in [1.29, 1.82) is 0 Å². The summed E-state index contributed by atoms with van der Waals surface area (Å²) in [5.74, 6) is 0. The van der Waals surface area contributed by atoms with Gasteiger partial charge in [0.25, 0.3) is 0 Å². The molecule has 0 saturated heterocycles. The molecular formula is C10H17N. The van der Waals surface area contributed by atoms with Crippen molar-refractivity contribution in [2.75, 3.05) is 7.05 Å². The van der Waals surface area contributed by atoms with Gasteiger partial charge in [-0.25, -0.2) is 0 Å². The van der Waals surface area contributed by atoms with Crippen molar-refractivity contribution in [2.24, 2.45) is 0 Å². The SMILES string of the molecule is C=C/C=C\CC/C=C(\C)NC. The van der Waals surface area contributed by atoms with Crippen molar-refractivity contribution in [1.82, 2.24) is 5.32 Å². The summed E-state index contributed by atoms with van der Waals surface area (Å²) < 4.78 is 0. The van der Waals surface area contributed by atoms with Gasteiger partial charge in [0.15, 0.2) is 0 Å². The van der Waals surface area contributed by atoms with Crippen LogP contribution in [0.2, 0.25) is 0 Å². The van der Waals surface area contributed by atoms with Gasteiger partial charge in [-0.05, 0) is 19.8 Å². The average Bonchev–Trinajstić information content (AvgIpc) is 2.04. The zero-order valence-corrected chi connectivity index (χ0v) is 7.43. The minimum Gasteiger partial charge on any atom is -0.392 e. The second kappa shape index (κ2) is 7.13. The Morgan fingerprint density at radius 2 is 2.18 bits per heavy atom. The van der Waals surface area contributed by atoms with E-state index in [1.165, 1.54) is 5.70 Å². The maximum Gasteiger partial charge on any atom is 0.00320 e. The third kappa shape index (κ3) is 6.91. The van der Waals surface area contributed by atoms with Gasteiger partial charge in [0.2, 0.25) is 0 Å². The second-order valence-corrected chi connectivity index (χ2v) is 2.38. The Hall–Kier alpha value is -0.980. The number of hydrogen-bond donors (Lipinski definition) is 1. The van der Waals surface area contributed by atoms with E-state index >= 15 is 0 Å². The zero-order chi connectivity index (χ0) is 8.53. The van der Waals surface area contributed by atoms with Crippen LogP contribution in [-0.2, 0) is 0 Å². The first-order valence-corrected chi connectivity index (χ1v) is 3.93. The highest BCUT2D eigenvalue weighted by Crippen LogP contribution is 1.95. The first kappa shape index (κ1) is 10.0. The highest BCUT2D eigenvalue weighted by Gasteiger charge is 1.80. The Morgan fingerprint density at radius 3 is 2.73 bits per heavy atom. The van der Waals surface area contributed by atoms with Crippen LogP contribution < -0.4 is 5.32 Å². The Balaban J connectivity index is 3.40. The molecule has 0 aromatic rings. The molecule has 0 aromatic carbocycles. The topological polar surface area (TPSA) is 12.0 Å². The lowest BCUT2D eigenvalue weighted by Gasteiger charge is -1.96. The molecule has 0 aromatic heterocycles. The van der Waals surface area contributed by atoms with Gasteiger partial charge in [-0.3, -0.25) is 0 Å². The van der Waals surface area contributed by atoms with Gasteiger partial charge in [0.05, 0.1) is 0 Å². The minimum absolute atomic E-state index is 1.09. The molecule has 1 N–H and O–H groups in total. The third-order valence-electron chi connectivity index (χ3n) is 1.45. The molecule has 0 aliphatic rings. The number of hydrogen-bond acceptors (Lipinski definition) is 1. The fraction of sp³-hybridized carbons (Fsp3) is 0.400.